The predicted octanol–water partition coefficient (Wildman–Crippen LogP) is 5.22. The molecule has 0 bridgehead atoms. The van der Waals surface area contributed by atoms with Gasteiger partial charge in [0.25, 0.3) is 0 Å². The highest BCUT2D eigenvalue weighted by atomic mass is 14.9. The largest absolute Gasteiger partial charge is 0.346 e. The summed E-state index contributed by atoms with van der Waals surface area (Å²) in [4.78, 5) is 7.66. The molecule has 0 saturated heterocycles. The topological polar surface area (TPSA) is 28.7 Å². The van der Waals surface area contributed by atoms with Crippen molar-refractivity contribution in [1.29, 1.82) is 0 Å². The number of imidazole rings is 1. The first-order valence-corrected chi connectivity index (χ1v) is 8.30. The number of hydrogen-bond acceptors (Lipinski definition) is 1. The maximum atomic E-state index is 4.36. The van der Waals surface area contributed by atoms with Crippen LogP contribution in [-0.4, -0.2) is 9.97 Å². The summed E-state index contributed by atoms with van der Waals surface area (Å²) >= 11 is 0. The number of H-pyrrole nitrogens is 1. The lowest BCUT2D eigenvalue weighted by molar-refractivity contribution is 0.632. The lowest BCUT2D eigenvalue weighted by Crippen LogP contribution is -1.91. The molecule has 1 heterocycles. The highest BCUT2D eigenvalue weighted by Crippen LogP contribution is 2.20. The van der Waals surface area contributed by atoms with Crippen molar-refractivity contribution in [3.8, 4) is 0 Å². The van der Waals surface area contributed by atoms with Gasteiger partial charge in [0.2, 0.25) is 0 Å². The SMILES string of the molecule is Cc1cnc(CCCCCCc2cccc3ccccc23)[nH]1. The summed E-state index contributed by atoms with van der Waals surface area (Å²) in [7, 11) is 0. The zero-order valence-corrected chi connectivity index (χ0v) is 13.3. The highest BCUT2D eigenvalue weighted by Gasteiger charge is 2.01. The number of rotatable bonds is 7. The zero-order chi connectivity index (χ0) is 15.2. The molecule has 0 spiro atoms. The molecule has 0 fully saturated rings. The predicted molar refractivity (Wildman–Crippen MR) is 93.1 cm³/mol. The van der Waals surface area contributed by atoms with Crippen LogP contribution in [0.25, 0.3) is 10.8 Å². The quantitative estimate of drug-likeness (QED) is 0.594. The van der Waals surface area contributed by atoms with Crippen molar-refractivity contribution in [2.24, 2.45) is 0 Å². The second-order valence-corrected chi connectivity index (χ2v) is 6.07. The molecule has 2 nitrogen and oxygen atoms in total. The van der Waals surface area contributed by atoms with E-state index in [-0.39, 0.29) is 0 Å². The smallest absolute Gasteiger partial charge is 0.106 e. The molecule has 1 N–H and O–H groups in total. The summed E-state index contributed by atoms with van der Waals surface area (Å²) in [5, 5.41) is 2.77. The van der Waals surface area contributed by atoms with Crippen LogP contribution in [0.15, 0.2) is 48.7 Å². The molecular weight excluding hydrogens is 268 g/mol. The first-order valence-electron chi connectivity index (χ1n) is 8.30. The van der Waals surface area contributed by atoms with Crippen molar-refractivity contribution in [3.63, 3.8) is 0 Å². The monoisotopic (exact) mass is 292 g/mol. The number of nitrogens with one attached hydrogen (secondary N) is 1. The minimum atomic E-state index is 1.07. The molecule has 0 aliphatic heterocycles. The third kappa shape index (κ3) is 3.76. The van der Waals surface area contributed by atoms with Crippen molar-refractivity contribution >= 4 is 10.8 Å². The van der Waals surface area contributed by atoms with E-state index in [1.54, 1.807) is 0 Å². The Balaban J connectivity index is 1.43. The molecule has 114 valence electrons. The Kier molecular flexibility index (Phi) is 4.89. The lowest BCUT2D eigenvalue weighted by atomic mass is 9.99. The van der Waals surface area contributed by atoms with Crippen LogP contribution in [0.4, 0.5) is 0 Å². The maximum Gasteiger partial charge on any atom is 0.106 e. The Labute approximate surface area is 132 Å². The van der Waals surface area contributed by atoms with Gasteiger partial charge in [-0.25, -0.2) is 4.98 Å². The Morgan fingerprint density at radius 1 is 0.864 bits per heavy atom. The van der Waals surface area contributed by atoms with E-state index in [1.165, 1.54) is 48.4 Å². The second-order valence-electron chi connectivity index (χ2n) is 6.07. The van der Waals surface area contributed by atoms with Crippen molar-refractivity contribution in [1.82, 2.24) is 9.97 Å². The summed E-state index contributed by atoms with van der Waals surface area (Å²) in [6, 6.07) is 15.3. The summed E-state index contributed by atoms with van der Waals surface area (Å²) < 4.78 is 0. The number of aromatic nitrogens is 2. The fourth-order valence-corrected chi connectivity index (χ4v) is 3.07. The molecule has 0 aliphatic rings. The minimum absolute atomic E-state index is 1.07. The van der Waals surface area contributed by atoms with Crippen molar-refractivity contribution < 1.29 is 0 Å². The lowest BCUT2D eigenvalue weighted by Gasteiger charge is -2.06. The molecule has 1 aromatic heterocycles. The third-order valence-corrected chi connectivity index (χ3v) is 4.25. The van der Waals surface area contributed by atoms with Gasteiger partial charge in [0.15, 0.2) is 0 Å². The Morgan fingerprint density at radius 3 is 2.45 bits per heavy atom. The van der Waals surface area contributed by atoms with Crippen LogP contribution >= 0.6 is 0 Å². The maximum absolute atomic E-state index is 4.36. The molecule has 0 radical (unpaired) electrons. The normalized spacial score (nSPS) is 11.1. The first kappa shape index (κ1) is 14.8. The van der Waals surface area contributed by atoms with Gasteiger partial charge in [0, 0.05) is 18.3 Å². The number of aromatic amines is 1. The van der Waals surface area contributed by atoms with Gasteiger partial charge >= 0.3 is 0 Å². The van der Waals surface area contributed by atoms with E-state index in [0.29, 0.717) is 0 Å². The molecule has 0 atom stereocenters. The van der Waals surface area contributed by atoms with Gasteiger partial charge in [-0.05, 0) is 42.5 Å². The zero-order valence-electron chi connectivity index (χ0n) is 13.3. The molecule has 0 saturated carbocycles. The number of hydrogen-bond donors (Lipinski definition) is 1. The van der Waals surface area contributed by atoms with Gasteiger partial charge in [0.05, 0.1) is 0 Å². The number of unbranched alkanes of at least 4 members (excludes halogenated alkanes) is 3. The summed E-state index contributed by atoms with van der Waals surface area (Å²) in [6.45, 7) is 2.06. The Hall–Kier alpha value is -2.09. The number of benzene rings is 2. The van der Waals surface area contributed by atoms with Crippen molar-refractivity contribution in [2.45, 2.75) is 45.4 Å². The van der Waals surface area contributed by atoms with Gasteiger partial charge in [0.1, 0.15) is 5.82 Å². The average molecular weight is 292 g/mol. The molecule has 3 aromatic rings. The van der Waals surface area contributed by atoms with E-state index in [1.807, 2.05) is 6.20 Å². The van der Waals surface area contributed by atoms with Gasteiger partial charge in [-0.15, -0.1) is 0 Å². The highest BCUT2D eigenvalue weighted by molar-refractivity contribution is 5.85. The summed E-state index contributed by atoms with van der Waals surface area (Å²) in [6.07, 6.45) is 9.24. The molecule has 2 aromatic carbocycles. The molecule has 22 heavy (non-hydrogen) atoms. The van der Waals surface area contributed by atoms with E-state index >= 15 is 0 Å². The van der Waals surface area contributed by atoms with Gasteiger partial charge < -0.3 is 4.98 Å². The van der Waals surface area contributed by atoms with Crippen molar-refractivity contribution in [2.75, 3.05) is 0 Å². The number of nitrogens with zero attached hydrogens (tertiary/aromatic N) is 1. The third-order valence-electron chi connectivity index (χ3n) is 4.25. The van der Waals surface area contributed by atoms with Gasteiger partial charge in [-0.2, -0.15) is 0 Å². The molecular formula is C20H24N2. The van der Waals surface area contributed by atoms with Crippen LogP contribution in [-0.2, 0) is 12.8 Å². The molecule has 0 unspecified atom stereocenters. The number of fused-ring (bicyclic) bond motifs is 1. The van der Waals surface area contributed by atoms with Crippen LogP contribution in [0.2, 0.25) is 0 Å². The average Bonchev–Trinajstić information content (AvgIpc) is 2.96. The first-order chi connectivity index (χ1) is 10.8. The standard InChI is InChI=1S/C20H24N2/c1-16-15-21-20(22-16)14-5-3-2-4-9-17-11-8-12-18-10-6-7-13-19(17)18/h6-8,10-13,15H,2-5,9,14H2,1H3,(H,21,22). The van der Waals surface area contributed by atoms with E-state index in [9.17, 15) is 0 Å². The van der Waals surface area contributed by atoms with Crippen LogP contribution in [0, 0.1) is 6.92 Å². The Morgan fingerprint density at radius 2 is 1.64 bits per heavy atom. The van der Waals surface area contributed by atoms with E-state index < -0.39 is 0 Å². The summed E-state index contributed by atoms with van der Waals surface area (Å²) in [5.41, 5.74) is 2.64. The fourth-order valence-electron chi connectivity index (χ4n) is 3.07. The van der Waals surface area contributed by atoms with Crippen LogP contribution in [0.5, 0.6) is 0 Å². The molecule has 2 heteroatoms. The van der Waals surface area contributed by atoms with Crippen LogP contribution < -0.4 is 0 Å². The van der Waals surface area contributed by atoms with Crippen LogP contribution in [0.1, 0.15) is 42.8 Å². The van der Waals surface area contributed by atoms with E-state index in [4.69, 9.17) is 0 Å². The minimum Gasteiger partial charge on any atom is -0.346 e. The summed E-state index contributed by atoms with van der Waals surface area (Å²) in [5.74, 6) is 1.13. The van der Waals surface area contributed by atoms with E-state index in [0.717, 1.165) is 17.9 Å². The van der Waals surface area contributed by atoms with Gasteiger partial charge in [-0.3, -0.25) is 0 Å². The van der Waals surface area contributed by atoms with Crippen LogP contribution in [0.3, 0.4) is 0 Å². The molecule has 0 amide bonds. The van der Waals surface area contributed by atoms with Gasteiger partial charge in [-0.1, -0.05) is 55.3 Å². The molecule has 0 aliphatic carbocycles. The Bertz CT molecular complexity index is 722. The molecule has 3 rings (SSSR count). The number of aryl methyl sites for hydroxylation is 3. The van der Waals surface area contributed by atoms with Crippen molar-refractivity contribution in [3.05, 3.63) is 65.7 Å². The second kappa shape index (κ2) is 7.26. The fraction of sp³-hybridized carbons (Fsp3) is 0.350. The van der Waals surface area contributed by atoms with E-state index in [2.05, 4.69) is 59.4 Å².